The van der Waals surface area contributed by atoms with Gasteiger partial charge in [0.1, 0.15) is 0 Å². The third-order valence-corrected chi connectivity index (χ3v) is 3.59. The summed E-state index contributed by atoms with van der Waals surface area (Å²) in [5, 5.41) is 7.72. The predicted molar refractivity (Wildman–Crippen MR) is 63.3 cm³/mol. The third-order valence-electron chi connectivity index (χ3n) is 3.59. The Balaban J connectivity index is 2.18. The van der Waals surface area contributed by atoms with Crippen LogP contribution in [0.4, 0.5) is 0 Å². The molecule has 1 aromatic rings. The van der Waals surface area contributed by atoms with E-state index in [1.165, 1.54) is 24.1 Å². The van der Waals surface area contributed by atoms with Gasteiger partial charge in [-0.1, -0.05) is 0 Å². The zero-order chi connectivity index (χ0) is 11.5. The van der Waals surface area contributed by atoms with Crippen molar-refractivity contribution in [3.05, 3.63) is 17.5 Å². The first-order valence-electron chi connectivity index (χ1n) is 5.97. The Morgan fingerprint density at radius 2 is 2.44 bits per heavy atom. The average molecular weight is 223 g/mol. The minimum atomic E-state index is 0.369. The van der Waals surface area contributed by atoms with Gasteiger partial charge in [0.15, 0.2) is 0 Å². The summed E-state index contributed by atoms with van der Waals surface area (Å²) < 4.78 is 7.50. The van der Waals surface area contributed by atoms with Crippen LogP contribution in [-0.2, 0) is 11.8 Å². The second-order valence-electron chi connectivity index (χ2n) is 4.55. The fourth-order valence-corrected chi connectivity index (χ4v) is 2.49. The number of aromatic nitrogens is 2. The van der Waals surface area contributed by atoms with Crippen molar-refractivity contribution in [2.75, 3.05) is 20.3 Å². The van der Waals surface area contributed by atoms with E-state index >= 15 is 0 Å². The summed E-state index contributed by atoms with van der Waals surface area (Å²) in [6, 6.07) is 0.369. The highest BCUT2D eigenvalue weighted by Gasteiger charge is 2.26. The van der Waals surface area contributed by atoms with Gasteiger partial charge in [0.05, 0.1) is 12.8 Å². The van der Waals surface area contributed by atoms with E-state index in [4.69, 9.17) is 4.74 Å². The van der Waals surface area contributed by atoms with Crippen LogP contribution in [-0.4, -0.2) is 30.0 Å². The van der Waals surface area contributed by atoms with Crippen molar-refractivity contribution < 1.29 is 4.74 Å². The molecule has 1 aliphatic heterocycles. The lowest BCUT2D eigenvalue weighted by atomic mass is 9.89. The molecule has 1 aromatic heterocycles. The Morgan fingerprint density at radius 1 is 1.62 bits per heavy atom. The number of hydrogen-bond donors (Lipinski definition) is 1. The van der Waals surface area contributed by atoms with Crippen molar-refractivity contribution in [2.45, 2.75) is 25.8 Å². The van der Waals surface area contributed by atoms with E-state index < -0.39 is 0 Å². The molecule has 1 aliphatic rings. The minimum absolute atomic E-state index is 0.369. The van der Waals surface area contributed by atoms with Crippen LogP contribution in [0.5, 0.6) is 0 Å². The molecule has 4 nitrogen and oxygen atoms in total. The van der Waals surface area contributed by atoms with Gasteiger partial charge in [0.2, 0.25) is 0 Å². The Labute approximate surface area is 97.0 Å². The minimum Gasteiger partial charge on any atom is -0.381 e. The number of ether oxygens (including phenoxy) is 1. The highest BCUT2D eigenvalue weighted by molar-refractivity contribution is 5.21. The topological polar surface area (TPSA) is 39.1 Å². The van der Waals surface area contributed by atoms with E-state index in [1.807, 2.05) is 25.0 Å². The van der Waals surface area contributed by atoms with Gasteiger partial charge in [-0.25, -0.2) is 0 Å². The van der Waals surface area contributed by atoms with Gasteiger partial charge in [-0.3, -0.25) is 4.68 Å². The van der Waals surface area contributed by atoms with E-state index in [2.05, 4.69) is 17.3 Å². The molecule has 0 bridgehead atoms. The molecule has 1 saturated heterocycles. The molecule has 16 heavy (non-hydrogen) atoms. The molecule has 1 fully saturated rings. The summed E-state index contributed by atoms with van der Waals surface area (Å²) >= 11 is 0. The molecule has 0 aliphatic carbocycles. The van der Waals surface area contributed by atoms with Crippen molar-refractivity contribution in [1.29, 1.82) is 0 Å². The highest BCUT2D eigenvalue weighted by atomic mass is 16.5. The van der Waals surface area contributed by atoms with Gasteiger partial charge in [0.25, 0.3) is 0 Å². The molecule has 2 unspecified atom stereocenters. The van der Waals surface area contributed by atoms with E-state index in [0.717, 1.165) is 13.2 Å². The van der Waals surface area contributed by atoms with Crippen molar-refractivity contribution >= 4 is 0 Å². The van der Waals surface area contributed by atoms with Gasteiger partial charge in [0, 0.05) is 36.9 Å². The molecule has 0 radical (unpaired) electrons. The van der Waals surface area contributed by atoms with Crippen LogP contribution >= 0.6 is 0 Å². The summed E-state index contributed by atoms with van der Waals surface area (Å²) in [5.74, 6) is 0.571. The summed E-state index contributed by atoms with van der Waals surface area (Å²) in [5.41, 5.74) is 2.55. The molecule has 0 saturated carbocycles. The van der Waals surface area contributed by atoms with Gasteiger partial charge in [-0.2, -0.15) is 5.10 Å². The number of hydrogen-bond acceptors (Lipinski definition) is 3. The lowest BCUT2D eigenvalue weighted by Crippen LogP contribution is -2.31. The van der Waals surface area contributed by atoms with Crippen LogP contribution in [0.1, 0.15) is 30.1 Å². The van der Waals surface area contributed by atoms with Gasteiger partial charge < -0.3 is 10.1 Å². The zero-order valence-corrected chi connectivity index (χ0v) is 10.4. The van der Waals surface area contributed by atoms with Crippen molar-refractivity contribution in [1.82, 2.24) is 15.1 Å². The maximum atomic E-state index is 5.57. The van der Waals surface area contributed by atoms with E-state index in [0.29, 0.717) is 12.0 Å². The second kappa shape index (κ2) is 4.97. The average Bonchev–Trinajstić information content (AvgIpc) is 2.64. The van der Waals surface area contributed by atoms with E-state index in [9.17, 15) is 0 Å². The number of aryl methyl sites for hydroxylation is 1. The molecule has 90 valence electrons. The molecular formula is C12H21N3O. The van der Waals surface area contributed by atoms with Gasteiger partial charge >= 0.3 is 0 Å². The molecule has 2 rings (SSSR count). The van der Waals surface area contributed by atoms with Crippen LogP contribution in [0.2, 0.25) is 0 Å². The fourth-order valence-electron chi connectivity index (χ4n) is 2.49. The molecular weight excluding hydrogens is 202 g/mol. The van der Waals surface area contributed by atoms with Crippen LogP contribution in [0.25, 0.3) is 0 Å². The number of nitrogens with zero attached hydrogens (tertiary/aromatic N) is 2. The van der Waals surface area contributed by atoms with Crippen molar-refractivity contribution in [3.63, 3.8) is 0 Å². The molecule has 0 spiro atoms. The monoisotopic (exact) mass is 223 g/mol. The Hall–Kier alpha value is -0.870. The van der Waals surface area contributed by atoms with E-state index in [-0.39, 0.29) is 0 Å². The summed E-state index contributed by atoms with van der Waals surface area (Å²) in [6.45, 7) is 3.90. The summed E-state index contributed by atoms with van der Waals surface area (Å²) in [4.78, 5) is 0. The maximum absolute atomic E-state index is 5.57. The standard InChI is InChI=1S/C12H21N3O/c1-9-11(7-14-15(9)3)12(13-2)10-5-4-6-16-8-10/h7,10,12-13H,4-6,8H2,1-3H3. The normalized spacial score (nSPS) is 23.3. The lowest BCUT2D eigenvalue weighted by molar-refractivity contribution is 0.0401. The largest absolute Gasteiger partial charge is 0.381 e. The van der Waals surface area contributed by atoms with Gasteiger partial charge in [-0.05, 0) is 26.8 Å². The first-order chi connectivity index (χ1) is 7.74. The summed E-state index contributed by atoms with van der Waals surface area (Å²) in [6.07, 6.45) is 4.38. The van der Waals surface area contributed by atoms with Gasteiger partial charge in [-0.15, -0.1) is 0 Å². The van der Waals surface area contributed by atoms with Crippen LogP contribution in [0, 0.1) is 12.8 Å². The summed E-state index contributed by atoms with van der Waals surface area (Å²) in [7, 11) is 4.01. The van der Waals surface area contributed by atoms with E-state index in [1.54, 1.807) is 0 Å². The Morgan fingerprint density at radius 3 is 2.94 bits per heavy atom. The quantitative estimate of drug-likeness (QED) is 0.842. The Kier molecular flexibility index (Phi) is 3.61. The molecule has 0 aromatic carbocycles. The smallest absolute Gasteiger partial charge is 0.0540 e. The SMILES string of the molecule is CNC(c1cnn(C)c1C)C1CCCOC1. The highest BCUT2D eigenvalue weighted by Crippen LogP contribution is 2.29. The predicted octanol–water partition coefficient (Wildman–Crippen LogP) is 1.42. The second-order valence-corrected chi connectivity index (χ2v) is 4.55. The molecule has 1 N–H and O–H groups in total. The molecule has 4 heteroatoms. The van der Waals surface area contributed by atoms with Crippen LogP contribution in [0.15, 0.2) is 6.20 Å². The lowest BCUT2D eigenvalue weighted by Gasteiger charge is -2.30. The zero-order valence-electron chi connectivity index (χ0n) is 10.4. The molecule has 2 atom stereocenters. The van der Waals surface area contributed by atoms with Crippen LogP contribution in [0.3, 0.4) is 0 Å². The number of nitrogens with one attached hydrogen (secondary N) is 1. The fraction of sp³-hybridized carbons (Fsp3) is 0.750. The Bertz CT molecular complexity index is 342. The number of rotatable bonds is 3. The first-order valence-corrected chi connectivity index (χ1v) is 5.97. The molecule has 2 heterocycles. The van der Waals surface area contributed by atoms with Crippen molar-refractivity contribution in [2.24, 2.45) is 13.0 Å². The first kappa shape index (κ1) is 11.6. The van der Waals surface area contributed by atoms with Crippen molar-refractivity contribution in [3.8, 4) is 0 Å². The third kappa shape index (κ3) is 2.13. The maximum Gasteiger partial charge on any atom is 0.0540 e. The van der Waals surface area contributed by atoms with Crippen LogP contribution < -0.4 is 5.32 Å². The molecule has 0 amide bonds.